The summed E-state index contributed by atoms with van der Waals surface area (Å²) in [6.45, 7) is 0. The van der Waals surface area contributed by atoms with Gasteiger partial charge in [-0.3, -0.25) is 0 Å². The summed E-state index contributed by atoms with van der Waals surface area (Å²) in [6, 6.07) is 0.821. The highest BCUT2D eigenvalue weighted by atomic mass is 32.3. The number of thiophene rings is 1. The van der Waals surface area contributed by atoms with E-state index in [2.05, 4.69) is 0 Å². The fraction of sp³-hybridized carbons (Fsp3) is 0.429. The van der Waals surface area contributed by atoms with E-state index in [0.717, 1.165) is 0 Å². The number of hydrogen-bond acceptors (Lipinski definition) is 6. The second-order valence-electron chi connectivity index (χ2n) is 3.57. The molecule has 0 amide bonds. The molecule has 0 unspecified atom stereocenters. The van der Waals surface area contributed by atoms with Crippen molar-refractivity contribution >= 4 is 31.2 Å². The Labute approximate surface area is 97.2 Å². The Kier molecular flexibility index (Phi) is 2.63. The molecule has 0 saturated heterocycles. The third kappa shape index (κ3) is 1.89. The topological polar surface area (TPSA) is 120 Å². The van der Waals surface area contributed by atoms with Crippen molar-refractivity contribution in [1.29, 1.82) is 0 Å². The van der Waals surface area contributed by atoms with E-state index in [-0.39, 0.29) is 14.2 Å². The maximum atomic E-state index is 11.7. The first-order chi connectivity index (χ1) is 7.22. The summed E-state index contributed by atoms with van der Waals surface area (Å²) in [7, 11) is -7.27. The lowest BCUT2D eigenvalue weighted by Crippen LogP contribution is -2.23. The molecule has 1 aliphatic rings. The summed E-state index contributed by atoms with van der Waals surface area (Å²) in [5.74, 6) is -0.0499. The van der Waals surface area contributed by atoms with Crippen molar-refractivity contribution in [3.8, 4) is 0 Å². The van der Waals surface area contributed by atoms with Crippen molar-refractivity contribution in [3.05, 3.63) is 11.6 Å². The molecule has 2 heterocycles. The van der Waals surface area contributed by atoms with Crippen LogP contribution in [0.3, 0.4) is 0 Å². The minimum absolute atomic E-state index is 0.0373. The summed E-state index contributed by atoms with van der Waals surface area (Å²) in [5.41, 5.74) is 6.09. The van der Waals surface area contributed by atoms with Crippen molar-refractivity contribution in [2.24, 2.45) is 10.9 Å². The van der Waals surface area contributed by atoms with Crippen LogP contribution in [0.5, 0.6) is 0 Å². The lowest BCUT2D eigenvalue weighted by atomic mass is 10.1. The Morgan fingerprint density at radius 3 is 2.56 bits per heavy atom. The molecule has 9 heteroatoms. The van der Waals surface area contributed by atoms with Crippen LogP contribution in [0.4, 0.5) is 0 Å². The summed E-state index contributed by atoms with van der Waals surface area (Å²) in [5, 5.41) is 4.95. The second kappa shape index (κ2) is 3.50. The zero-order valence-corrected chi connectivity index (χ0v) is 10.5. The van der Waals surface area contributed by atoms with Gasteiger partial charge in [0.1, 0.15) is 8.42 Å². The molecule has 4 N–H and O–H groups in total. The predicted molar refractivity (Wildman–Crippen MR) is 59.3 cm³/mol. The quantitative estimate of drug-likeness (QED) is 0.724. The van der Waals surface area contributed by atoms with Crippen LogP contribution in [0.15, 0.2) is 14.5 Å². The minimum atomic E-state index is -3.87. The van der Waals surface area contributed by atoms with Gasteiger partial charge in [0.25, 0.3) is 0 Å². The molecule has 1 atom stereocenters. The monoisotopic (exact) mass is 282 g/mol. The maximum absolute atomic E-state index is 11.7. The average Bonchev–Trinajstić information content (AvgIpc) is 2.57. The van der Waals surface area contributed by atoms with Gasteiger partial charge in [-0.25, -0.2) is 22.0 Å². The number of primary sulfonamides is 1. The molecule has 0 saturated carbocycles. The largest absolute Gasteiger partial charge is 0.324 e. The Bertz CT molecular complexity index is 629. The number of nitrogens with two attached hydrogens (primary N) is 2. The van der Waals surface area contributed by atoms with E-state index in [1.54, 1.807) is 0 Å². The number of rotatable bonds is 1. The van der Waals surface area contributed by atoms with E-state index in [9.17, 15) is 16.8 Å². The molecular weight excluding hydrogens is 272 g/mol. The van der Waals surface area contributed by atoms with Crippen LogP contribution in [0, 0.1) is 0 Å². The zero-order chi connectivity index (χ0) is 12.1. The third-order valence-corrected chi connectivity index (χ3v) is 7.31. The van der Waals surface area contributed by atoms with E-state index in [1.807, 2.05) is 0 Å². The molecule has 90 valence electrons. The first kappa shape index (κ1) is 12.0. The molecule has 16 heavy (non-hydrogen) atoms. The number of hydrogen-bond donors (Lipinski definition) is 2. The SMILES string of the molecule is N[C@H]1CCS(=O)(=O)c2sc(S(N)(=O)=O)cc21. The standard InChI is InChI=1S/C7H10N2O4S3/c8-5-1-2-15(10,11)7-4(5)3-6(14-7)16(9,12)13/h3,5H,1-2,8H2,(H2,9,12,13)/t5-/m0/s1. The van der Waals surface area contributed by atoms with Gasteiger partial charge in [0.05, 0.1) is 5.75 Å². The molecular formula is C7H10N2O4S3. The lowest BCUT2D eigenvalue weighted by molar-refractivity contribution is 0.573. The zero-order valence-electron chi connectivity index (χ0n) is 8.08. The van der Waals surface area contributed by atoms with Gasteiger partial charge in [-0.15, -0.1) is 11.3 Å². The van der Waals surface area contributed by atoms with Crippen LogP contribution in [-0.2, 0) is 19.9 Å². The molecule has 1 aromatic rings. The Hall–Kier alpha value is -0.480. The highest BCUT2D eigenvalue weighted by Crippen LogP contribution is 2.38. The van der Waals surface area contributed by atoms with Gasteiger partial charge in [-0.2, -0.15) is 0 Å². The van der Waals surface area contributed by atoms with Crippen molar-refractivity contribution < 1.29 is 16.8 Å². The highest BCUT2D eigenvalue weighted by Gasteiger charge is 2.32. The molecule has 0 fully saturated rings. The van der Waals surface area contributed by atoms with Gasteiger partial charge in [-0.05, 0) is 18.1 Å². The van der Waals surface area contributed by atoms with E-state index in [0.29, 0.717) is 23.3 Å². The van der Waals surface area contributed by atoms with Crippen molar-refractivity contribution in [3.63, 3.8) is 0 Å². The average molecular weight is 282 g/mol. The van der Waals surface area contributed by atoms with Gasteiger partial charge >= 0.3 is 0 Å². The number of sulfone groups is 1. The highest BCUT2D eigenvalue weighted by molar-refractivity contribution is 7.95. The van der Waals surface area contributed by atoms with E-state index >= 15 is 0 Å². The van der Waals surface area contributed by atoms with Crippen LogP contribution < -0.4 is 10.9 Å². The van der Waals surface area contributed by atoms with Crippen molar-refractivity contribution in [2.45, 2.75) is 20.9 Å². The molecule has 2 rings (SSSR count). The van der Waals surface area contributed by atoms with Crippen LogP contribution in [0.1, 0.15) is 18.0 Å². The maximum Gasteiger partial charge on any atom is 0.247 e. The summed E-state index contributed by atoms with van der Waals surface area (Å²) >= 11 is 0.672. The van der Waals surface area contributed by atoms with Crippen molar-refractivity contribution in [2.75, 3.05) is 5.75 Å². The van der Waals surface area contributed by atoms with Gasteiger partial charge in [0.15, 0.2) is 9.84 Å². The summed E-state index contributed by atoms with van der Waals surface area (Å²) in [6.07, 6.45) is 0.302. The lowest BCUT2D eigenvalue weighted by Gasteiger charge is -2.17. The van der Waals surface area contributed by atoms with Gasteiger partial charge in [0.2, 0.25) is 10.0 Å². The third-order valence-electron chi connectivity index (χ3n) is 2.36. The summed E-state index contributed by atoms with van der Waals surface area (Å²) < 4.78 is 45.5. The number of fused-ring (bicyclic) bond motifs is 1. The van der Waals surface area contributed by atoms with E-state index < -0.39 is 25.9 Å². The van der Waals surface area contributed by atoms with Gasteiger partial charge < -0.3 is 5.73 Å². The fourth-order valence-electron chi connectivity index (χ4n) is 1.54. The molecule has 6 nitrogen and oxygen atoms in total. The van der Waals surface area contributed by atoms with Gasteiger partial charge in [-0.1, -0.05) is 0 Å². The molecule has 1 aromatic heterocycles. The van der Waals surface area contributed by atoms with Crippen LogP contribution in [0.25, 0.3) is 0 Å². The smallest absolute Gasteiger partial charge is 0.247 e. The first-order valence-corrected chi connectivity index (χ1v) is 8.38. The normalized spacial score (nSPS) is 24.0. The number of sulfonamides is 1. The van der Waals surface area contributed by atoms with Gasteiger partial charge in [0, 0.05) is 6.04 Å². The fourth-order valence-corrected chi connectivity index (χ4v) is 5.74. The van der Waals surface area contributed by atoms with E-state index in [1.165, 1.54) is 6.07 Å². The van der Waals surface area contributed by atoms with Crippen molar-refractivity contribution in [1.82, 2.24) is 0 Å². The van der Waals surface area contributed by atoms with Crippen LogP contribution in [0.2, 0.25) is 0 Å². The molecule has 0 aromatic carbocycles. The molecule has 0 aliphatic carbocycles. The van der Waals surface area contributed by atoms with E-state index in [4.69, 9.17) is 10.9 Å². The molecule has 0 bridgehead atoms. The molecule has 1 aliphatic heterocycles. The molecule has 0 radical (unpaired) electrons. The second-order valence-corrected chi connectivity index (χ2v) is 8.71. The minimum Gasteiger partial charge on any atom is -0.324 e. The molecule has 0 spiro atoms. The Morgan fingerprint density at radius 2 is 2.06 bits per heavy atom. The Morgan fingerprint density at radius 1 is 1.44 bits per heavy atom. The first-order valence-electron chi connectivity index (χ1n) is 4.37. The van der Waals surface area contributed by atoms with Crippen LogP contribution >= 0.6 is 11.3 Å². The predicted octanol–water partition coefficient (Wildman–Crippen LogP) is -0.427. The summed E-state index contributed by atoms with van der Waals surface area (Å²) in [4.78, 5) is 0. The Balaban J connectivity index is 2.71. The van der Waals surface area contributed by atoms with Crippen LogP contribution in [-0.4, -0.2) is 22.6 Å².